The first-order valence-corrected chi connectivity index (χ1v) is 16.2. The first-order valence-electron chi connectivity index (χ1n) is 16.2. The van der Waals surface area contributed by atoms with Crippen LogP contribution in [0.5, 0.6) is 0 Å². The zero-order chi connectivity index (χ0) is 35.5. The van der Waals surface area contributed by atoms with E-state index in [0.29, 0.717) is 12.4 Å². The summed E-state index contributed by atoms with van der Waals surface area (Å²) < 4.78 is 0. The molecule has 2 aliphatic carbocycles. The Morgan fingerprint density at radius 3 is 1.60 bits per heavy atom. The average Bonchev–Trinajstić information content (AvgIpc) is 3.08. The number of carbonyl (C=O) groups is 1. The number of nitro groups is 2. The number of halogens is 1. The number of aryl methyl sites for hydroxylation is 6. The lowest BCUT2D eigenvalue weighted by atomic mass is 9.87. The number of hydrogen-bond donors (Lipinski definition) is 1. The Kier molecular flexibility index (Phi) is 14.8. The van der Waals surface area contributed by atoms with Gasteiger partial charge in [0.2, 0.25) is 0 Å². The number of hydrogen-bond acceptors (Lipinski definition) is 9. The van der Waals surface area contributed by atoms with Crippen molar-refractivity contribution in [3.05, 3.63) is 149 Å². The van der Waals surface area contributed by atoms with Crippen LogP contribution in [-0.4, -0.2) is 21.3 Å². The van der Waals surface area contributed by atoms with Crippen LogP contribution in [0.3, 0.4) is 0 Å². The Morgan fingerprint density at radius 1 is 0.660 bits per heavy atom. The van der Waals surface area contributed by atoms with E-state index in [2.05, 4.69) is 55.9 Å². The van der Waals surface area contributed by atoms with Gasteiger partial charge < -0.3 is 4.84 Å². The standard InChI is InChI=1S/C19H20N2O3.C12H14O.C7H8N2O3.ClH/c1-13-10-16-4-3-5-19(18(16)11-14(13)2)20-24-12-15-6-8-17(9-7-15)21(22)23;1-8-6-10-4-3-5-12(13)11(10)7-9(8)2;8-12-5-6-1-3-7(4-2-6)9(10)11;/h6-11H,3-5,12H2,1-2H3;6-7H,3-5H2,1-2H3;1-4H,5,8H2;1H/b20-19+;;;. The van der Waals surface area contributed by atoms with Crippen molar-refractivity contribution in [3.63, 3.8) is 0 Å². The Bertz CT molecular complexity index is 1840. The summed E-state index contributed by atoms with van der Waals surface area (Å²) in [5, 5.41) is 25.2. The summed E-state index contributed by atoms with van der Waals surface area (Å²) in [6, 6.07) is 21.0. The number of Topliss-reactive ketones (excluding diaryl/α,β-unsaturated/α-hetero) is 1. The van der Waals surface area contributed by atoms with Gasteiger partial charge in [0.1, 0.15) is 6.61 Å². The SMILES string of the molecule is Cc1cc2c(cc1C)/C(=N/OCc1ccc([N+](=O)[O-])cc1)CCC2.Cc1cc2c(cc1C)C(=O)CCC2.Cl.NOCc1ccc([N+](=O)[O-])cc1. The van der Waals surface area contributed by atoms with Gasteiger partial charge in [-0.2, -0.15) is 0 Å². The van der Waals surface area contributed by atoms with Gasteiger partial charge in [0.05, 0.1) is 22.2 Å². The lowest BCUT2D eigenvalue weighted by molar-refractivity contribution is -0.385. The second kappa shape index (κ2) is 18.7. The number of oxime groups is 1. The summed E-state index contributed by atoms with van der Waals surface area (Å²) in [7, 11) is 0. The molecule has 0 bridgehead atoms. The van der Waals surface area contributed by atoms with Crippen LogP contribution in [0.1, 0.15) is 86.1 Å². The Morgan fingerprint density at radius 2 is 1.10 bits per heavy atom. The Balaban J connectivity index is 0.000000220. The minimum atomic E-state index is -0.451. The molecule has 0 fully saturated rings. The molecule has 6 rings (SSSR count). The van der Waals surface area contributed by atoms with E-state index in [1.807, 2.05) is 6.07 Å². The summed E-state index contributed by atoms with van der Waals surface area (Å²) >= 11 is 0. The summed E-state index contributed by atoms with van der Waals surface area (Å²) in [4.78, 5) is 41.4. The highest BCUT2D eigenvalue weighted by Gasteiger charge is 2.18. The second-order valence-corrected chi connectivity index (χ2v) is 12.3. The molecule has 0 saturated heterocycles. The van der Waals surface area contributed by atoms with E-state index in [4.69, 9.17) is 10.7 Å². The van der Waals surface area contributed by atoms with E-state index in [9.17, 15) is 25.0 Å². The topological polar surface area (TPSA) is 160 Å². The van der Waals surface area contributed by atoms with Crippen LogP contribution in [0, 0.1) is 47.9 Å². The Hall–Kier alpha value is -4.97. The predicted molar refractivity (Wildman–Crippen MR) is 196 cm³/mol. The molecule has 4 aromatic carbocycles. The van der Waals surface area contributed by atoms with Crippen molar-refractivity contribution in [3.8, 4) is 0 Å². The van der Waals surface area contributed by atoms with Gasteiger partial charge in [-0.3, -0.25) is 29.9 Å². The summed E-state index contributed by atoms with van der Waals surface area (Å²) in [6.07, 6.45) is 5.90. The van der Waals surface area contributed by atoms with E-state index in [1.54, 1.807) is 24.3 Å². The molecule has 50 heavy (non-hydrogen) atoms. The lowest BCUT2D eigenvalue weighted by Gasteiger charge is -2.19. The maximum atomic E-state index is 11.5. The van der Waals surface area contributed by atoms with Gasteiger partial charge in [-0.25, -0.2) is 5.90 Å². The summed E-state index contributed by atoms with van der Waals surface area (Å²) in [5.41, 5.74) is 12.6. The molecule has 0 aromatic heterocycles. The molecule has 0 saturated carbocycles. The molecule has 0 unspecified atom stereocenters. The molecule has 4 aromatic rings. The Labute approximate surface area is 298 Å². The first-order chi connectivity index (χ1) is 23.5. The number of non-ortho nitro benzene ring substituents is 2. The third-order valence-electron chi connectivity index (χ3n) is 8.71. The fourth-order valence-corrected chi connectivity index (χ4v) is 5.65. The highest BCUT2D eigenvalue weighted by atomic mass is 35.5. The zero-order valence-corrected chi connectivity index (χ0v) is 29.6. The maximum absolute atomic E-state index is 11.5. The molecule has 0 atom stereocenters. The minimum Gasteiger partial charge on any atom is -0.391 e. The quantitative estimate of drug-likeness (QED) is 0.148. The molecule has 0 spiro atoms. The molecule has 0 heterocycles. The van der Waals surface area contributed by atoms with E-state index in [0.717, 1.165) is 60.9 Å². The lowest BCUT2D eigenvalue weighted by Crippen LogP contribution is -2.13. The summed E-state index contributed by atoms with van der Waals surface area (Å²) in [6.45, 7) is 8.98. The van der Waals surface area contributed by atoms with Gasteiger partial charge in [0.15, 0.2) is 5.78 Å². The largest absolute Gasteiger partial charge is 0.391 e. The van der Waals surface area contributed by atoms with Crippen molar-refractivity contribution in [1.82, 2.24) is 0 Å². The number of rotatable bonds is 7. The zero-order valence-electron chi connectivity index (χ0n) is 28.8. The van der Waals surface area contributed by atoms with E-state index in [1.165, 1.54) is 63.2 Å². The van der Waals surface area contributed by atoms with Crippen LogP contribution in [-0.2, 0) is 35.7 Å². The van der Waals surface area contributed by atoms with Crippen molar-refractivity contribution >= 4 is 35.3 Å². The number of benzene rings is 4. The van der Waals surface area contributed by atoms with E-state index < -0.39 is 9.85 Å². The van der Waals surface area contributed by atoms with Crippen molar-refractivity contribution in [1.29, 1.82) is 0 Å². The molecule has 0 radical (unpaired) electrons. The molecular formula is C38H43ClN4O7. The number of ketones is 1. The molecule has 264 valence electrons. The van der Waals surface area contributed by atoms with Crippen LogP contribution in [0.4, 0.5) is 11.4 Å². The smallest absolute Gasteiger partial charge is 0.269 e. The van der Waals surface area contributed by atoms with Gasteiger partial charge in [0.25, 0.3) is 11.4 Å². The van der Waals surface area contributed by atoms with Crippen LogP contribution < -0.4 is 5.90 Å². The third kappa shape index (κ3) is 10.8. The molecule has 0 aliphatic heterocycles. The highest BCUT2D eigenvalue weighted by Crippen LogP contribution is 2.26. The minimum absolute atomic E-state index is 0. The number of carbonyl (C=O) groups excluding carboxylic acids is 1. The number of nitrogens with two attached hydrogens (primary N) is 1. The highest BCUT2D eigenvalue weighted by molar-refractivity contribution is 6.02. The van der Waals surface area contributed by atoms with Crippen molar-refractivity contribution in [2.45, 2.75) is 79.4 Å². The second-order valence-electron chi connectivity index (χ2n) is 12.3. The van der Waals surface area contributed by atoms with E-state index in [-0.39, 0.29) is 30.4 Å². The number of nitro benzene ring substituents is 2. The van der Waals surface area contributed by atoms with Gasteiger partial charge in [-0.05, 0) is 141 Å². The van der Waals surface area contributed by atoms with Gasteiger partial charge in [-0.15, -0.1) is 12.4 Å². The predicted octanol–water partition coefficient (Wildman–Crippen LogP) is 8.70. The molecule has 11 nitrogen and oxygen atoms in total. The first kappa shape index (κ1) is 39.5. The fourth-order valence-electron chi connectivity index (χ4n) is 5.65. The number of nitrogens with zero attached hydrogens (tertiary/aromatic N) is 3. The summed E-state index contributed by atoms with van der Waals surface area (Å²) in [5.74, 6) is 5.15. The molecular weight excluding hydrogens is 660 g/mol. The van der Waals surface area contributed by atoms with E-state index >= 15 is 0 Å². The fraction of sp³-hybridized carbons (Fsp3) is 0.316. The molecule has 12 heteroatoms. The maximum Gasteiger partial charge on any atom is 0.269 e. The average molecular weight is 703 g/mol. The molecule has 2 N–H and O–H groups in total. The van der Waals surface area contributed by atoms with Crippen LogP contribution in [0.2, 0.25) is 0 Å². The van der Waals surface area contributed by atoms with Crippen molar-refractivity contribution < 1.29 is 24.3 Å². The normalized spacial score (nSPS) is 13.7. The number of fused-ring (bicyclic) bond motifs is 2. The van der Waals surface area contributed by atoms with Crippen LogP contribution >= 0.6 is 12.4 Å². The molecule has 0 amide bonds. The van der Waals surface area contributed by atoms with Crippen LogP contribution in [0.25, 0.3) is 0 Å². The van der Waals surface area contributed by atoms with Crippen molar-refractivity contribution in [2.24, 2.45) is 11.1 Å². The van der Waals surface area contributed by atoms with Crippen LogP contribution in [0.15, 0.2) is 78.0 Å². The van der Waals surface area contributed by atoms with Gasteiger partial charge in [-0.1, -0.05) is 17.3 Å². The van der Waals surface area contributed by atoms with Gasteiger partial charge in [0, 0.05) is 41.8 Å². The van der Waals surface area contributed by atoms with Gasteiger partial charge >= 0.3 is 0 Å². The van der Waals surface area contributed by atoms with Crippen molar-refractivity contribution in [2.75, 3.05) is 0 Å². The third-order valence-corrected chi connectivity index (χ3v) is 8.71. The monoisotopic (exact) mass is 702 g/mol. The molecule has 2 aliphatic rings.